The Morgan fingerprint density at radius 3 is 2.69 bits per heavy atom. The standard InChI is InChI=1S/C10H19NO2/c1-5-11-7-6-10(2,3)8(11)9(12)13-4/h8H,5-7H2,1-4H3. The lowest BCUT2D eigenvalue weighted by Gasteiger charge is -2.29. The molecule has 0 N–H and O–H groups in total. The van der Waals surface area contributed by atoms with Gasteiger partial charge in [0.2, 0.25) is 0 Å². The van der Waals surface area contributed by atoms with Crippen LogP contribution in [0.2, 0.25) is 0 Å². The van der Waals surface area contributed by atoms with Crippen molar-refractivity contribution in [3.63, 3.8) is 0 Å². The van der Waals surface area contributed by atoms with Gasteiger partial charge >= 0.3 is 5.97 Å². The Hall–Kier alpha value is -0.570. The molecule has 13 heavy (non-hydrogen) atoms. The summed E-state index contributed by atoms with van der Waals surface area (Å²) in [5.74, 6) is -0.0932. The van der Waals surface area contributed by atoms with Gasteiger partial charge in [0, 0.05) is 0 Å². The van der Waals surface area contributed by atoms with Gasteiger partial charge in [-0.05, 0) is 24.9 Å². The molecule has 0 amide bonds. The molecule has 76 valence electrons. The highest BCUT2D eigenvalue weighted by atomic mass is 16.5. The van der Waals surface area contributed by atoms with E-state index in [2.05, 4.69) is 25.7 Å². The lowest BCUT2D eigenvalue weighted by Crippen LogP contribution is -2.43. The van der Waals surface area contributed by atoms with Crippen LogP contribution in [0.3, 0.4) is 0 Å². The van der Waals surface area contributed by atoms with E-state index in [1.807, 2.05) is 0 Å². The van der Waals surface area contributed by atoms with Crippen LogP contribution in [0, 0.1) is 5.41 Å². The molecular formula is C10H19NO2. The number of nitrogens with zero attached hydrogens (tertiary/aromatic N) is 1. The largest absolute Gasteiger partial charge is 0.468 e. The van der Waals surface area contributed by atoms with E-state index in [0.717, 1.165) is 19.5 Å². The van der Waals surface area contributed by atoms with Crippen LogP contribution in [0.5, 0.6) is 0 Å². The number of hydrogen-bond acceptors (Lipinski definition) is 3. The third-order valence-electron chi connectivity index (χ3n) is 2.98. The molecule has 0 spiro atoms. The number of hydrogen-bond donors (Lipinski definition) is 0. The molecule has 0 aromatic carbocycles. The van der Waals surface area contributed by atoms with Gasteiger partial charge < -0.3 is 4.74 Å². The van der Waals surface area contributed by atoms with Crippen molar-refractivity contribution in [3.05, 3.63) is 0 Å². The van der Waals surface area contributed by atoms with Crippen LogP contribution < -0.4 is 0 Å². The first kappa shape index (κ1) is 10.5. The minimum Gasteiger partial charge on any atom is -0.468 e. The number of ether oxygens (including phenoxy) is 1. The quantitative estimate of drug-likeness (QED) is 0.607. The molecule has 0 aromatic heterocycles. The van der Waals surface area contributed by atoms with E-state index in [-0.39, 0.29) is 17.4 Å². The van der Waals surface area contributed by atoms with Gasteiger partial charge in [0.25, 0.3) is 0 Å². The van der Waals surface area contributed by atoms with Crippen LogP contribution in [0.1, 0.15) is 27.2 Å². The van der Waals surface area contributed by atoms with Crippen LogP contribution in [-0.2, 0) is 9.53 Å². The Bertz CT molecular complexity index is 201. The third-order valence-corrected chi connectivity index (χ3v) is 2.98. The van der Waals surface area contributed by atoms with Crippen molar-refractivity contribution in [1.82, 2.24) is 4.90 Å². The summed E-state index contributed by atoms with van der Waals surface area (Å²) in [7, 11) is 1.46. The number of likely N-dealkylation sites (N-methyl/N-ethyl adjacent to an activating group) is 1. The smallest absolute Gasteiger partial charge is 0.323 e. The van der Waals surface area contributed by atoms with Gasteiger partial charge in [0.1, 0.15) is 6.04 Å². The molecule has 1 saturated heterocycles. The predicted octanol–water partition coefficient (Wildman–Crippen LogP) is 1.28. The van der Waals surface area contributed by atoms with Crippen LogP contribution in [0.15, 0.2) is 0 Å². The van der Waals surface area contributed by atoms with Crippen molar-refractivity contribution in [3.8, 4) is 0 Å². The summed E-state index contributed by atoms with van der Waals surface area (Å²) >= 11 is 0. The third kappa shape index (κ3) is 1.85. The van der Waals surface area contributed by atoms with Gasteiger partial charge in [0.15, 0.2) is 0 Å². The number of likely N-dealkylation sites (tertiary alicyclic amines) is 1. The molecular weight excluding hydrogens is 166 g/mol. The molecule has 1 atom stereocenters. The summed E-state index contributed by atoms with van der Waals surface area (Å²) in [5.41, 5.74) is 0.0586. The average Bonchev–Trinajstić information content (AvgIpc) is 2.39. The van der Waals surface area contributed by atoms with E-state index in [4.69, 9.17) is 4.74 Å². The zero-order valence-electron chi connectivity index (χ0n) is 8.96. The SMILES string of the molecule is CCN1CCC(C)(C)C1C(=O)OC. The lowest BCUT2D eigenvalue weighted by molar-refractivity contribution is -0.148. The van der Waals surface area contributed by atoms with Crippen LogP contribution in [-0.4, -0.2) is 37.1 Å². The zero-order valence-corrected chi connectivity index (χ0v) is 8.96. The molecule has 0 bridgehead atoms. The summed E-state index contributed by atoms with van der Waals surface area (Å²) in [5, 5.41) is 0. The minimum absolute atomic E-state index is 0.0532. The molecule has 1 heterocycles. The number of carbonyl (C=O) groups excluding carboxylic acids is 1. The summed E-state index contributed by atoms with van der Waals surface area (Å²) in [6.45, 7) is 8.26. The lowest BCUT2D eigenvalue weighted by atomic mass is 9.85. The van der Waals surface area contributed by atoms with Crippen molar-refractivity contribution in [2.75, 3.05) is 20.2 Å². The Labute approximate surface area is 80.1 Å². The van der Waals surface area contributed by atoms with Gasteiger partial charge in [-0.3, -0.25) is 9.69 Å². The molecule has 0 saturated carbocycles. The first-order valence-electron chi connectivity index (χ1n) is 4.85. The van der Waals surface area contributed by atoms with Gasteiger partial charge in [-0.2, -0.15) is 0 Å². The summed E-state index contributed by atoms with van der Waals surface area (Å²) in [4.78, 5) is 13.7. The van der Waals surface area contributed by atoms with E-state index >= 15 is 0 Å². The molecule has 0 radical (unpaired) electrons. The van der Waals surface area contributed by atoms with Crippen molar-refractivity contribution in [2.45, 2.75) is 33.2 Å². The maximum atomic E-state index is 11.5. The van der Waals surface area contributed by atoms with Gasteiger partial charge in [-0.15, -0.1) is 0 Å². The number of esters is 1. The molecule has 1 fully saturated rings. The number of rotatable bonds is 2. The van der Waals surface area contributed by atoms with Crippen molar-refractivity contribution < 1.29 is 9.53 Å². The van der Waals surface area contributed by atoms with Crippen LogP contribution in [0.25, 0.3) is 0 Å². The van der Waals surface area contributed by atoms with E-state index in [0.29, 0.717) is 0 Å². The molecule has 3 heteroatoms. The normalized spacial score (nSPS) is 27.5. The number of methoxy groups -OCH3 is 1. The second-order valence-electron chi connectivity index (χ2n) is 4.29. The highest BCUT2D eigenvalue weighted by Gasteiger charge is 2.44. The molecule has 3 nitrogen and oxygen atoms in total. The summed E-state index contributed by atoms with van der Waals surface area (Å²) < 4.78 is 4.82. The van der Waals surface area contributed by atoms with Crippen LogP contribution in [0.4, 0.5) is 0 Å². The van der Waals surface area contributed by atoms with E-state index in [1.54, 1.807) is 0 Å². The second kappa shape index (κ2) is 3.66. The Morgan fingerprint density at radius 1 is 1.62 bits per heavy atom. The average molecular weight is 185 g/mol. The Morgan fingerprint density at radius 2 is 2.23 bits per heavy atom. The van der Waals surface area contributed by atoms with Gasteiger partial charge in [-0.25, -0.2) is 0 Å². The molecule has 0 aliphatic carbocycles. The van der Waals surface area contributed by atoms with Crippen molar-refractivity contribution >= 4 is 5.97 Å². The van der Waals surface area contributed by atoms with Crippen LogP contribution >= 0.6 is 0 Å². The topological polar surface area (TPSA) is 29.5 Å². The molecule has 1 unspecified atom stereocenters. The first-order valence-corrected chi connectivity index (χ1v) is 4.85. The second-order valence-corrected chi connectivity index (χ2v) is 4.29. The maximum Gasteiger partial charge on any atom is 0.323 e. The monoisotopic (exact) mass is 185 g/mol. The van der Waals surface area contributed by atoms with Gasteiger partial charge in [-0.1, -0.05) is 20.8 Å². The van der Waals surface area contributed by atoms with Crippen molar-refractivity contribution in [1.29, 1.82) is 0 Å². The predicted molar refractivity (Wildman–Crippen MR) is 51.4 cm³/mol. The highest BCUT2D eigenvalue weighted by Crippen LogP contribution is 2.36. The first-order chi connectivity index (χ1) is 6.03. The fourth-order valence-corrected chi connectivity index (χ4v) is 2.11. The fourth-order valence-electron chi connectivity index (χ4n) is 2.11. The van der Waals surface area contributed by atoms with E-state index in [9.17, 15) is 4.79 Å². The molecule has 1 aliphatic rings. The Kier molecular flexibility index (Phi) is 2.96. The van der Waals surface area contributed by atoms with Gasteiger partial charge in [0.05, 0.1) is 7.11 Å². The molecule has 1 aliphatic heterocycles. The highest BCUT2D eigenvalue weighted by molar-refractivity contribution is 5.77. The Balaban J connectivity index is 2.80. The van der Waals surface area contributed by atoms with E-state index in [1.165, 1.54) is 7.11 Å². The van der Waals surface area contributed by atoms with E-state index < -0.39 is 0 Å². The molecule has 1 rings (SSSR count). The zero-order chi connectivity index (χ0) is 10.1. The maximum absolute atomic E-state index is 11.5. The summed E-state index contributed by atoms with van der Waals surface area (Å²) in [6.07, 6.45) is 1.07. The minimum atomic E-state index is -0.0932. The number of carbonyl (C=O) groups is 1. The molecule has 0 aromatic rings. The summed E-state index contributed by atoms with van der Waals surface area (Å²) in [6, 6.07) is -0.0532. The fraction of sp³-hybridized carbons (Fsp3) is 0.900. The van der Waals surface area contributed by atoms with Crippen molar-refractivity contribution in [2.24, 2.45) is 5.41 Å².